The Morgan fingerprint density at radius 1 is 1.38 bits per heavy atom. The van der Waals surface area contributed by atoms with Gasteiger partial charge in [0.1, 0.15) is 35.8 Å². The molecule has 0 amide bonds. The molecular weight excluding hydrogens is 365 g/mol. The first kappa shape index (κ1) is 17.5. The SMILES string of the molecule is Nc1ncnc2c1ncn2[C@@H]1O[C@H](COP(=O)(O)CCl)[C@@H](O)[C@H]1O. The molecule has 3 rings (SSSR count). The molecule has 5 N–H and O–H groups in total. The van der Waals surface area contributed by atoms with Crippen LogP contribution in [0.3, 0.4) is 0 Å². The molecule has 1 aliphatic heterocycles. The highest BCUT2D eigenvalue weighted by molar-refractivity contribution is 7.54. The predicted octanol–water partition coefficient (Wildman–Crippen LogP) is -0.574. The van der Waals surface area contributed by atoms with E-state index in [0.717, 1.165) is 0 Å². The zero-order valence-electron chi connectivity index (χ0n) is 12.1. The van der Waals surface area contributed by atoms with Crippen LogP contribution < -0.4 is 5.73 Å². The van der Waals surface area contributed by atoms with Gasteiger partial charge in [-0.05, 0) is 0 Å². The van der Waals surface area contributed by atoms with Crippen molar-refractivity contribution in [1.29, 1.82) is 0 Å². The molecule has 1 aliphatic rings. The molecule has 0 aromatic carbocycles. The lowest BCUT2D eigenvalue weighted by atomic mass is 10.1. The number of hydrogen-bond donors (Lipinski definition) is 4. The quantitative estimate of drug-likeness (QED) is 0.390. The summed E-state index contributed by atoms with van der Waals surface area (Å²) in [6.07, 6.45) is -2.16. The number of nitrogens with zero attached hydrogens (tertiary/aromatic N) is 4. The minimum Gasteiger partial charge on any atom is -0.387 e. The summed E-state index contributed by atoms with van der Waals surface area (Å²) >= 11 is 5.30. The Morgan fingerprint density at radius 3 is 2.83 bits per heavy atom. The fourth-order valence-electron chi connectivity index (χ4n) is 2.38. The van der Waals surface area contributed by atoms with Crippen LogP contribution in [0.25, 0.3) is 11.2 Å². The van der Waals surface area contributed by atoms with E-state index in [1.165, 1.54) is 17.2 Å². The molecule has 132 valence electrons. The molecule has 1 fully saturated rings. The summed E-state index contributed by atoms with van der Waals surface area (Å²) in [6.45, 7) is -0.418. The van der Waals surface area contributed by atoms with Crippen LogP contribution in [0.1, 0.15) is 6.23 Å². The normalized spacial score (nSPS) is 29.8. The minimum atomic E-state index is -3.96. The van der Waals surface area contributed by atoms with Crippen LogP contribution >= 0.6 is 19.2 Å². The highest BCUT2D eigenvalue weighted by atomic mass is 35.5. The topological polar surface area (TPSA) is 166 Å². The molecule has 0 saturated carbocycles. The molecule has 5 atom stereocenters. The maximum atomic E-state index is 11.4. The second-order valence-electron chi connectivity index (χ2n) is 5.18. The van der Waals surface area contributed by atoms with Crippen LogP contribution in [0, 0.1) is 0 Å². The van der Waals surface area contributed by atoms with Crippen molar-refractivity contribution in [2.24, 2.45) is 0 Å². The number of nitrogens with two attached hydrogens (primary N) is 1. The molecule has 2 aromatic rings. The molecule has 2 aromatic heterocycles. The van der Waals surface area contributed by atoms with E-state index in [9.17, 15) is 19.7 Å². The number of aliphatic hydroxyl groups is 2. The number of ether oxygens (including phenoxy) is 1. The Morgan fingerprint density at radius 2 is 2.12 bits per heavy atom. The highest BCUT2D eigenvalue weighted by Crippen LogP contribution is 2.44. The lowest BCUT2D eigenvalue weighted by Gasteiger charge is -2.17. The predicted molar refractivity (Wildman–Crippen MR) is 82.2 cm³/mol. The van der Waals surface area contributed by atoms with E-state index in [1.807, 2.05) is 0 Å². The maximum absolute atomic E-state index is 11.4. The van der Waals surface area contributed by atoms with Crippen molar-refractivity contribution >= 4 is 36.2 Å². The molecule has 11 nitrogen and oxygen atoms in total. The van der Waals surface area contributed by atoms with E-state index in [1.54, 1.807) is 0 Å². The summed E-state index contributed by atoms with van der Waals surface area (Å²) in [5.41, 5.74) is 5.74. The van der Waals surface area contributed by atoms with Crippen molar-refractivity contribution in [2.75, 3.05) is 18.0 Å². The average Bonchev–Trinajstić information content (AvgIpc) is 3.10. The lowest BCUT2D eigenvalue weighted by Crippen LogP contribution is -2.33. The van der Waals surface area contributed by atoms with Gasteiger partial charge in [0.2, 0.25) is 0 Å². The summed E-state index contributed by atoms with van der Waals surface area (Å²) in [5, 5.41) is 20.3. The van der Waals surface area contributed by atoms with E-state index < -0.39 is 44.4 Å². The highest BCUT2D eigenvalue weighted by Gasteiger charge is 2.45. The second-order valence-corrected chi connectivity index (χ2v) is 7.67. The van der Waals surface area contributed by atoms with Gasteiger partial charge in [0, 0.05) is 0 Å². The molecule has 24 heavy (non-hydrogen) atoms. The third-order valence-corrected chi connectivity index (χ3v) is 5.35. The van der Waals surface area contributed by atoms with E-state index >= 15 is 0 Å². The summed E-state index contributed by atoms with van der Waals surface area (Å²) in [4.78, 5) is 21.2. The van der Waals surface area contributed by atoms with E-state index in [0.29, 0.717) is 11.2 Å². The van der Waals surface area contributed by atoms with Crippen LogP contribution in [-0.4, -0.2) is 65.2 Å². The lowest BCUT2D eigenvalue weighted by molar-refractivity contribution is -0.0483. The Balaban J connectivity index is 1.82. The van der Waals surface area contributed by atoms with Gasteiger partial charge in [-0.3, -0.25) is 9.13 Å². The Hall–Kier alpha value is -1.33. The first-order chi connectivity index (χ1) is 11.3. The number of rotatable bonds is 5. The van der Waals surface area contributed by atoms with Crippen LogP contribution in [0.2, 0.25) is 0 Å². The molecule has 0 aliphatic carbocycles. The number of hydrogen-bond acceptors (Lipinski definition) is 9. The molecule has 0 spiro atoms. The zero-order valence-corrected chi connectivity index (χ0v) is 13.8. The Labute approximate surface area is 140 Å². The van der Waals surface area contributed by atoms with Crippen molar-refractivity contribution < 1.29 is 28.9 Å². The van der Waals surface area contributed by atoms with Gasteiger partial charge in [0.05, 0.1) is 12.9 Å². The van der Waals surface area contributed by atoms with Crippen molar-refractivity contribution in [3.63, 3.8) is 0 Å². The molecule has 1 unspecified atom stereocenters. The van der Waals surface area contributed by atoms with Crippen molar-refractivity contribution in [3.8, 4) is 0 Å². The molecular formula is C11H15ClN5O6P. The van der Waals surface area contributed by atoms with Crippen LogP contribution in [0.5, 0.6) is 0 Å². The summed E-state index contributed by atoms with van der Waals surface area (Å²) in [6, 6.07) is 0. The number of nitrogen functional groups attached to an aromatic ring is 1. The summed E-state index contributed by atoms with van der Waals surface area (Å²) in [5.74, 6) is 0.162. The number of fused-ring (bicyclic) bond motifs is 1. The largest absolute Gasteiger partial charge is 0.387 e. The van der Waals surface area contributed by atoms with Gasteiger partial charge in [0.15, 0.2) is 17.7 Å². The maximum Gasteiger partial charge on any atom is 0.342 e. The van der Waals surface area contributed by atoms with Gasteiger partial charge in [-0.1, -0.05) is 0 Å². The Bertz CT molecular complexity index is 789. The fraction of sp³-hybridized carbons (Fsp3) is 0.545. The van der Waals surface area contributed by atoms with Gasteiger partial charge in [-0.15, -0.1) is 11.6 Å². The van der Waals surface area contributed by atoms with Gasteiger partial charge in [-0.2, -0.15) is 0 Å². The number of anilines is 1. The fourth-order valence-corrected chi connectivity index (χ4v) is 3.03. The van der Waals surface area contributed by atoms with Gasteiger partial charge in [0.25, 0.3) is 0 Å². The number of alkyl halides is 1. The van der Waals surface area contributed by atoms with Crippen molar-refractivity contribution in [2.45, 2.75) is 24.5 Å². The first-order valence-corrected chi connectivity index (χ1v) is 9.10. The first-order valence-electron chi connectivity index (χ1n) is 6.81. The minimum absolute atomic E-state index is 0.162. The molecule has 0 radical (unpaired) electrons. The van der Waals surface area contributed by atoms with Crippen LogP contribution in [-0.2, 0) is 13.8 Å². The van der Waals surface area contributed by atoms with Gasteiger partial charge < -0.3 is 30.1 Å². The van der Waals surface area contributed by atoms with Crippen LogP contribution in [0.15, 0.2) is 12.7 Å². The van der Waals surface area contributed by atoms with E-state index in [2.05, 4.69) is 15.0 Å². The third-order valence-electron chi connectivity index (χ3n) is 3.59. The summed E-state index contributed by atoms with van der Waals surface area (Å²) < 4.78 is 23.1. The monoisotopic (exact) mass is 379 g/mol. The molecule has 1 saturated heterocycles. The molecule has 13 heteroatoms. The number of aromatic nitrogens is 4. The number of aliphatic hydroxyl groups excluding tert-OH is 2. The van der Waals surface area contributed by atoms with Crippen molar-refractivity contribution in [1.82, 2.24) is 19.5 Å². The molecule has 3 heterocycles. The summed E-state index contributed by atoms with van der Waals surface area (Å²) in [7, 11) is -3.96. The average molecular weight is 380 g/mol. The number of halogens is 1. The Kier molecular flexibility index (Phi) is 4.76. The van der Waals surface area contributed by atoms with E-state index in [-0.39, 0.29) is 5.82 Å². The smallest absolute Gasteiger partial charge is 0.342 e. The van der Waals surface area contributed by atoms with E-state index in [4.69, 9.17) is 26.6 Å². The standard InChI is InChI=1S/C11H15ClN5O6P/c12-2-24(20,21)22-1-5-7(18)8(19)11(23-5)17-4-16-6-9(13)14-3-15-10(6)17/h3-5,7-8,11,18-19H,1-2H2,(H,20,21)(H2,13,14,15)/t5-,7-,8-,11-/m1/s1. The van der Waals surface area contributed by atoms with Gasteiger partial charge >= 0.3 is 7.60 Å². The third kappa shape index (κ3) is 3.11. The van der Waals surface area contributed by atoms with Gasteiger partial charge in [-0.25, -0.2) is 15.0 Å². The number of imidazole rings is 1. The molecule has 0 bridgehead atoms. The van der Waals surface area contributed by atoms with Crippen LogP contribution in [0.4, 0.5) is 5.82 Å². The second kappa shape index (κ2) is 6.52. The van der Waals surface area contributed by atoms with Crippen molar-refractivity contribution in [3.05, 3.63) is 12.7 Å². The zero-order chi connectivity index (χ0) is 17.5.